The van der Waals surface area contributed by atoms with E-state index in [1.54, 1.807) is 15.9 Å². The number of hydrogen-bond donors (Lipinski definition) is 2. The summed E-state index contributed by atoms with van der Waals surface area (Å²) >= 11 is 1.36. The molecule has 0 aromatic carbocycles. The molecule has 3 aliphatic heterocycles. The highest BCUT2D eigenvalue weighted by Gasteiger charge is 2.53. The third-order valence-corrected chi connectivity index (χ3v) is 7.80. The lowest BCUT2D eigenvalue weighted by Gasteiger charge is -2.30. The Kier molecular flexibility index (Phi) is 5.00. The SMILES string of the molecule is O=C(N[C@H]1C[C@@H]2C(=O)N[C@H]3CCN(C(=O)C4CCCC4)[C@@H]3C(=O)N2C1)c1cccs1. The summed E-state index contributed by atoms with van der Waals surface area (Å²) < 4.78 is 0. The fraction of sp³-hybridized carbons (Fsp3) is 0.619. The van der Waals surface area contributed by atoms with Gasteiger partial charge in [0, 0.05) is 25.0 Å². The molecular formula is C21H26N4O4S. The van der Waals surface area contributed by atoms with Gasteiger partial charge in [0.05, 0.1) is 10.9 Å². The average molecular weight is 431 g/mol. The molecule has 0 spiro atoms. The van der Waals surface area contributed by atoms with Crippen LogP contribution in [0, 0.1) is 5.92 Å². The zero-order chi connectivity index (χ0) is 20.8. The van der Waals surface area contributed by atoms with E-state index in [2.05, 4.69) is 10.6 Å². The molecular weight excluding hydrogens is 404 g/mol. The summed E-state index contributed by atoms with van der Waals surface area (Å²) in [6.07, 6.45) is 4.89. The first-order chi connectivity index (χ1) is 14.5. The van der Waals surface area contributed by atoms with Gasteiger partial charge >= 0.3 is 0 Å². The predicted octanol–water partition coefficient (Wildman–Crippen LogP) is 0.737. The smallest absolute Gasteiger partial charge is 0.261 e. The van der Waals surface area contributed by atoms with E-state index in [1.165, 1.54) is 11.3 Å². The van der Waals surface area contributed by atoms with Gasteiger partial charge in [-0.2, -0.15) is 0 Å². The van der Waals surface area contributed by atoms with Gasteiger partial charge in [-0.1, -0.05) is 18.9 Å². The summed E-state index contributed by atoms with van der Waals surface area (Å²) in [6, 6.07) is 1.74. The summed E-state index contributed by atoms with van der Waals surface area (Å²) in [4.78, 5) is 55.7. The molecule has 4 amide bonds. The van der Waals surface area contributed by atoms with Crippen molar-refractivity contribution < 1.29 is 19.2 Å². The predicted molar refractivity (Wildman–Crippen MR) is 110 cm³/mol. The third-order valence-electron chi connectivity index (χ3n) is 6.93. The summed E-state index contributed by atoms with van der Waals surface area (Å²) in [5, 5.41) is 7.81. The van der Waals surface area contributed by atoms with E-state index in [-0.39, 0.29) is 41.6 Å². The van der Waals surface area contributed by atoms with Crippen LogP contribution in [0.5, 0.6) is 0 Å². The lowest BCUT2D eigenvalue weighted by atomic mass is 10.0. The summed E-state index contributed by atoms with van der Waals surface area (Å²) in [5.41, 5.74) is 0. The summed E-state index contributed by atoms with van der Waals surface area (Å²) in [7, 11) is 0. The molecule has 0 unspecified atom stereocenters. The maximum absolute atomic E-state index is 13.5. The fourth-order valence-electron chi connectivity index (χ4n) is 5.45. The summed E-state index contributed by atoms with van der Waals surface area (Å²) in [6.45, 7) is 0.802. The van der Waals surface area contributed by atoms with E-state index in [1.807, 2.05) is 11.4 Å². The molecule has 4 heterocycles. The highest BCUT2D eigenvalue weighted by Crippen LogP contribution is 2.33. The number of carbonyl (C=O) groups is 4. The second-order valence-electron chi connectivity index (χ2n) is 8.75. The van der Waals surface area contributed by atoms with Crippen molar-refractivity contribution in [1.82, 2.24) is 20.4 Å². The van der Waals surface area contributed by atoms with Crippen LogP contribution in [0.1, 0.15) is 48.2 Å². The van der Waals surface area contributed by atoms with Gasteiger partial charge in [0.1, 0.15) is 12.1 Å². The molecule has 160 valence electrons. The van der Waals surface area contributed by atoms with Crippen molar-refractivity contribution in [2.24, 2.45) is 5.92 Å². The molecule has 8 nitrogen and oxygen atoms in total. The molecule has 2 N–H and O–H groups in total. The van der Waals surface area contributed by atoms with Crippen LogP contribution in [-0.2, 0) is 14.4 Å². The molecule has 30 heavy (non-hydrogen) atoms. The first-order valence-corrected chi connectivity index (χ1v) is 11.7. The molecule has 1 aliphatic carbocycles. The van der Waals surface area contributed by atoms with Crippen molar-refractivity contribution in [3.63, 3.8) is 0 Å². The molecule has 5 rings (SSSR count). The molecule has 9 heteroatoms. The minimum Gasteiger partial charge on any atom is -0.349 e. The largest absolute Gasteiger partial charge is 0.349 e. The number of nitrogens with zero attached hydrogens (tertiary/aromatic N) is 2. The number of rotatable bonds is 3. The number of nitrogens with one attached hydrogen (secondary N) is 2. The first-order valence-electron chi connectivity index (χ1n) is 10.8. The van der Waals surface area contributed by atoms with Crippen LogP contribution in [0.15, 0.2) is 17.5 Å². The second-order valence-corrected chi connectivity index (χ2v) is 9.70. The van der Waals surface area contributed by atoms with Gasteiger partial charge in [0.2, 0.25) is 17.7 Å². The molecule has 1 aromatic rings. The van der Waals surface area contributed by atoms with Crippen molar-refractivity contribution >= 4 is 35.0 Å². The zero-order valence-corrected chi connectivity index (χ0v) is 17.5. The zero-order valence-electron chi connectivity index (χ0n) is 16.7. The Bertz CT molecular complexity index is 866. The Balaban J connectivity index is 1.33. The van der Waals surface area contributed by atoms with Crippen LogP contribution >= 0.6 is 11.3 Å². The van der Waals surface area contributed by atoms with Crippen LogP contribution in [0.3, 0.4) is 0 Å². The summed E-state index contributed by atoms with van der Waals surface area (Å²) in [5.74, 6) is -0.471. The van der Waals surface area contributed by atoms with Crippen LogP contribution in [-0.4, -0.2) is 70.7 Å². The second kappa shape index (κ2) is 7.68. The van der Waals surface area contributed by atoms with Gasteiger partial charge in [-0.05, 0) is 37.1 Å². The van der Waals surface area contributed by atoms with Gasteiger partial charge in [0.15, 0.2) is 0 Å². The minimum atomic E-state index is -0.626. The van der Waals surface area contributed by atoms with Gasteiger partial charge in [-0.25, -0.2) is 0 Å². The monoisotopic (exact) mass is 430 g/mol. The van der Waals surface area contributed by atoms with Crippen molar-refractivity contribution in [1.29, 1.82) is 0 Å². The molecule has 3 saturated heterocycles. The van der Waals surface area contributed by atoms with Crippen LogP contribution in [0.2, 0.25) is 0 Å². The number of hydrogen-bond acceptors (Lipinski definition) is 5. The number of fused-ring (bicyclic) bond motifs is 2. The molecule has 4 atom stereocenters. The quantitative estimate of drug-likeness (QED) is 0.739. The minimum absolute atomic E-state index is 0.00251. The van der Waals surface area contributed by atoms with Crippen molar-refractivity contribution in [3.05, 3.63) is 22.4 Å². The van der Waals surface area contributed by atoms with E-state index < -0.39 is 12.1 Å². The standard InChI is InChI=1S/C21H26N4O4S/c26-18-15-10-13(22-19(27)16-6-3-9-30-16)11-25(15)21(29)17-14(23-18)7-8-24(17)20(28)12-4-1-2-5-12/h3,6,9,12-15,17H,1-2,4-5,7-8,10-11H2,(H,22,27)(H,23,26)/t13-,14-,15+,17-/m0/s1. The van der Waals surface area contributed by atoms with E-state index in [0.29, 0.717) is 30.8 Å². The topological polar surface area (TPSA) is 98.8 Å². The first kappa shape index (κ1) is 19.5. The van der Waals surface area contributed by atoms with E-state index >= 15 is 0 Å². The lowest BCUT2D eigenvalue weighted by Crippen LogP contribution is -2.53. The normalized spacial score (nSPS) is 31.3. The fourth-order valence-corrected chi connectivity index (χ4v) is 6.08. The Morgan fingerprint density at radius 2 is 1.97 bits per heavy atom. The van der Waals surface area contributed by atoms with E-state index in [9.17, 15) is 19.2 Å². The van der Waals surface area contributed by atoms with Crippen LogP contribution in [0.25, 0.3) is 0 Å². The van der Waals surface area contributed by atoms with E-state index in [0.717, 1.165) is 25.7 Å². The number of likely N-dealkylation sites (tertiary alicyclic amines) is 1. The maximum atomic E-state index is 13.5. The Hall–Kier alpha value is -2.42. The molecule has 0 bridgehead atoms. The van der Waals surface area contributed by atoms with Crippen LogP contribution < -0.4 is 10.6 Å². The Morgan fingerprint density at radius 3 is 2.70 bits per heavy atom. The lowest BCUT2D eigenvalue weighted by molar-refractivity contribution is -0.146. The average Bonchev–Trinajstić information content (AvgIpc) is 3.53. The van der Waals surface area contributed by atoms with E-state index in [4.69, 9.17) is 0 Å². The molecule has 1 aromatic heterocycles. The van der Waals surface area contributed by atoms with Gasteiger partial charge in [-0.3, -0.25) is 19.2 Å². The number of carbonyl (C=O) groups excluding carboxylic acids is 4. The van der Waals surface area contributed by atoms with Gasteiger partial charge < -0.3 is 20.4 Å². The molecule has 0 radical (unpaired) electrons. The third kappa shape index (κ3) is 3.29. The van der Waals surface area contributed by atoms with Gasteiger partial charge in [-0.15, -0.1) is 11.3 Å². The molecule has 4 fully saturated rings. The number of amides is 4. The Morgan fingerprint density at radius 1 is 1.17 bits per heavy atom. The van der Waals surface area contributed by atoms with Crippen molar-refractivity contribution in [2.75, 3.05) is 13.1 Å². The van der Waals surface area contributed by atoms with Crippen molar-refractivity contribution in [3.8, 4) is 0 Å². The number of thiophene rings is 1. The maximum Gasteiger partial charge on any atom is 0.261 e. The van der Waals surface area contributed by atoms with Gasteiger partial charge in [0.25, 0.3) is 5.91 Å². The highest BCUT2D eigenvalue weighted by atomic mass is 32.1. The molecule has 1 saturated carbocycles. The van der Waals surface area contributed by atoms with Crippen molar-refractivity contribution in [2.45, 2.75) is 62.7 Å². The Labute approximate surface area is 179 Å². The van der Waals surface area contributed by atoms with Crippen LogP contribution in [0.4, 0.5) is 0 Å². The molecule has 4 aliphatic rings. The highest BCUT2D eigenvalue weighted by molar-refractivity contribution is 7.12.